The summed E-state index contributed by atoms with van der Waals surface area (Å²) in [5, 5.41) is 48.8. The molecular formula is C24H49NO11S. The Morgan fingerprint density at radius 1 is 0.892 bits per heavy atom. The number of unbranched alkanes of at least 4 members (excludes halogenated alkanes) is 11. The van der Waals surface area contributed by atoms with Crippen LogP contribution in [0.15, 0.2) is 12.2 Å². The van der Waals surface area contributed by atoms with Gasteiger partial charge in [-0.2, -0.15) is 8.42 Å². The van der Waals surface area contributed by atoms with Gasteiger partial charge in [0.25, 0.3) is 0 Å². The van der Waals surface area contributed by atoms with E-state index in [1.165, 1.54) is 64.2 Å². The predicted molar refractivity (Wildman–Crippen MR) is 138 cm³/mol. The van der Waals surface area contributed by atoms with Crippen LogP contribution in [0, 0.1) is 0 Å². The lowest BCUT2D eigenvalue weighted by atomic mass is 9.99. The summed E-state index contributed by atoms with van der Waals surface area (Å²) in [6.07, 6.45) is 11.1. The van der Waals surface area contributed by atoms with E-state index < -0.39 is 59.9 Å². The number of aliphatic hydroxyl groups is 5. The standard InChI is InChI=1S/C24H47NO7.H2O4S/c1-2-3-4-5-6-7-8-9-10-11-12-13-14-15-19(27)18(25)17-31-24-23(30)22(29)21(28)20(16-26)32-24;1-5(2,3)4/h14-15,18-24,26-30H,2-13,16-17,25H2,1H3;(H2,1,2,3,4)/b15-14+;/t18?,19?,20-,21+,22+,23-,24?;/m1./s1. The molecule has 37 heavy (non-hydrogen) atoms. The summed E-state index contributed by atoms with van der Waals surface area (Å²) >= 11 is 0. The minimum Gasteiger partial charge on any atom is -0.394 e. The lowest BCUT2D eigenvalue weighted by molar-refractivity contribution is -0.302. The molecule has 0 aliphatic carbocycles. The van der Waals surface area contributed by atoms with Crippen molar-refractivity contribution in [3.63, 3.8) is 0 Å². The van der Waals surface area contributed by atoms with Crippen LogP contribution in [0.4, 0.5) is 0 Å². The number of nitrogens with two attached hydrogens (primary N) is 1. The summed E-state index contributed by atoms with van der Waals surface area (Å²) in [5.74, 6) is 0. The first-order valence-electron chi connectivity index (χ1n) is 13.1. The van der Waals surface area contributed by atoms with E-state index in [1.807, 2.05) is 6.08 Å². The molecule has 1 saturated heterocycles. The molecule has 1 aliphatic rings. The lowest BCUT2D eigenvalue weighted by Crippen LogP contribution is -2.59. The van der Waals surface area contributed by atoms with Gasteiger partial charge in [-0.1, -0.05) is 83.3 Å². The van der Waals surface area contributed by atoms with Crippen LogP contribution in [0.5, 0.6) is 0 Å². The second-order valence-corrected chi connectivity index (χ2v) is 10.3. The Morgan fingerprint density at radius 2 is 1.38 bits per heavy atom. The van der Waals surface area contributed by atoms with Gasteiger partial charge in [-0.15, -0.1) is 0 Å². The lowest BCUT2D eigenvalue weighted by Gasteiger charge is -2.39. The highest BCUT2D eigenvalue weighted by Gasteiger charge is 2.44. The molecule has 1 rings (SSSR count). The summed E-state index contributed by atoms with van der Waals surface area (Å²) in [4.78, 5) is 0. The highest BCUT2D eigenvalue weighted by molar-refractivity contribution is 7.79. The normalized spacial score (nSPS) is 26.0. The van der Waals surface area contributed by atoms with Crippen molar-refractivity contribution in [2.75, 3.05) is 13.2 Å². The van der Waals surface area contributed by atoms with E-state index >= 15 is 0 Å². The van der Waals surface area contributed by atoms with Crippen LogP contribution >= 0.6 is 0 Å². The third-order valence-corrected chi connectivity index (χ3v) is 6.05. The summed E-state index contributed by atoms with van der Waals surface area (Å²) in [6, 6.07) is -0.740. The zero-order valence-corrected chi connectivity index (χ0v) is 22.7. The third-order valence-electron chi connectivity index (χ3n) is 6.05. The minimum absolute atomic E-state index is 0.118. The van der Waals surface area contributed by atoms with Crippen molar-refractivity contribution in [1.82, 2.24) is 0 Å². The van der Waals surface area contributed by atoms with Crippen LogP contribution in [0.2, 0.25) is 0 Å². The van der Waals surface area contributed by atoms with Crippen molar-refractivity contribution in [2.45, 2.75) is 127 Å². The van der Waals surface area contributed by atoms with Gasteiger partial charge >= 0.3 is 10.4 Å². The molecule has 12 nitrogen and oxygen atoms in total. The fourth-order valence-electron chi connectivity index (χ4n) is 3.81. The van der Waals surface area contributed by atoms with Crippen LogP contribution < -0.4 is 5.73 Å². The number of rotatable bonds is 18. The number of hydrogen-bond acceptors (Lipinski definition) is 10. The second-order valence-electron chi connectivity index (χ2n) is 9.39. The summed E-state index contributed by atoms with van der Waals surface area (Å²) < 4.78 is 42.2. The quantitative estimate of drug-likeness (QED) is 0.0672. The van der Waals surface area contributed by atoms with Gasteiger partial charge in [0.2, 0.25) is 0 Å². The average molecular weight is 560 g/mol. The van der Waals surface area contributed by atoms with Gasteiger partial charge in [0.05, 0.1) is 25.4 Å². The maximum absolute atomic E-state index is 10.2. The van der Waals surface area contributed by atoms with Crippen LogP contribution in [0.25, 0.3) is 0 Å². The molecule has 1 heterocycles. The highest BCUT2D eigenvalue weighted by Crippen LogP contribution is 2.22. The molecule has 7 atom stereocenters. The molecule has 0 saturated carbocycles. The Bertz CT molecular complexity index is 670. The van der Waals surface area contributed by atoms with Crippen LogP contribution in [-0.4, -0.2) is 99.1 Å². The van der Waals surface area contributed by atoms with E-state index in [9.17, 15) is 25.5 Å². The Kier molecular flexibility index (Phi) is 20.7. The van der Waals surface area contributed by atoms with Gasteiger partial charge in [-0.05, 0) is 12.8 Å². The first kappa shape index (κ1) is 36.3. The number of hydrogen-bond donors (Lipinski definition) is 8. The molecule has 0 bridgehead atoms. The van der Waals surface area contributed by atoms with Gasteiger partial charge in [0.15, 0.2) is 6.29 Å². The third kappa shape index (κ3) is 19.1. The topological polar surface area (TPSA) is 220 Å². The van der Waals surface area contributed by atoms with Gasteiger partial charge in [-0.3, -0.25) is 9.11 Å². The van der Waals surface area contributed by atoms with Crippen molar-refractivity contribution in [2.24, 2.45) is 5.73 Å². The Balaban J connectivity index is 0.00000235. The second kappa shape index (κ2) is 21.2. The first-order chi connectivity index (χ1) is 17.4. The fourth-order valence-corrected chi connectivity index (χ4v) is 3.81. The van der Waals surface area contributed by atoms with Crippen molar-refractivity contribution in [3.05, 3.63) is 12.2 Å². The minimum atomic E-state index is -4.67. The van der Waals surface area contributed by atoms with E-state index in [4.69, 9.17) is 32.7 Å². The van der Waals surface area contributed by atoms with Crippen molar-refractivity contribution in [3.8, 4) is 0 Å². The molecule has 9 N–H and O–H groups in total. The van der Waals surface area contributed by atoms with E-state index in [0.717, 1.165) is 12.8 Å². The maximum atomic E-state index is 10.2. The smallest absolute Gasteiger partial charge is 0.394 e. The van der Waals surface area contributed by atoms with E-state index in [0.29, 0.717) is 0 Å². The molecule has 0 radical (unpaired) electrons. The van der Waals surface area contributed by atoms with Crippen molar-refractivity contribution >= 4 is 10.4 Å². The van der Waals surface area contributed by atoms with Crippen LogP contribution in [0.1, 0.15) is 84.0 Å². The molecular weight excluding hydrogens is 510 g/mol. The van der Waals surface area contributed by atoms with Gasteiger partial charge < -0.3 is 40.7 Å². The molecule has 222 valence electrons. The monoisotopic (exact) mass is 559 g/mol. The molecule has 3 unspecified atom stereocenters. The van der Waals surface area contributed by atoms with Gasteiger partial charge in [0, 0.05) is 0 Å². The van der Waals surface area contributed by atoms with E-state index in [-0.39, 0.29) is 6.61 Å². The number of allylic oxidation sites excluding steroid dienone is 1. The van der Waals surface area contributed by atoms with E-state index in [2.05, 4.69) is 6.92 Å². The number of aliphatic hydroxyl groups excluding tert-OH is 5. The molecule has 0 aromatic heterocycles. The highest BCUT2D eigenvalue weighted by atomic mass is 32.3. The fraction of sp³-hybridized carbons (Fsp3) is 0.917. The zero-order valence-electron chi connectivity index (χ0n) is 21.8. The maximum Gasteiger partial charge on any atom is 0.394 e. The summed E-state index contributed by atoms with van der Waals surface area (Å²) in [7, 11) is -4.67. The van der Waals surface area contributed by atoms with Crippen molar-refractivity contribution < 1.29 is 52.5 Å². The van der Waals surface area contributed by atoms with Gasteiger partial charge in [0.1, 0.15) is 24.4 Å². The Hall–Kier alpha value is -0.710. The van der Waals surface area contributed by atoms with E-state index in [1.54, 1.807) is 6.08 Å². The molecule has 0 aromatic rings. The number of ether oxygens (including phenoxy) is 2. The molecule has 1 fully saturated rings. The first-order valence-corrected chi connectivity index (χ1v) is 14.5. The molecule has 13 heteroatoms. The summed E-state index contributed by atoms with van der Waals surface area (Å²) in [5.41, 5.74) is 5.93. The van der Waals surface area contributed by atoms with Crippen LogP contribution in [-0.2, 0) is 19.9 Å². The Labute approximate surface area is 221 Å². The van der Waals surface area contributed by atoms with Crippen molar-refractivity contribution in [1.29, 1.82) is 0 Å². The summed E-state index contributed by atoms with van der Waals surface area (Å²) in [6.45, 7) is 1.60. The molecule has 0 aromatic carbocycles. The molecule has 1 aliphatic heterocycles. The Morgan fingerprint density at radius 3 is 1.86 bits per heavy atom. The largest absolute Gasteiger partial charge is 0.394 e. The van der Waals surface area contributed by atoms with Crippen LogP contribution in [0.3, 0.4) is 0 Å². The SMILES string of the molecule is CCCCCCCCCCCCC/C=C/C(O)C(N)COC1O[C@H](CO)[C@H](O)[C@H](O)[C@H]1O.O=S(=O)(O)O. The van der Waals surface area contributed by atoms with Gasteiger partial charge in [-0.25, -0.2) is 0 Å². The zero-order chi connectivity index (χ0) is 28.3. The predicted octanol–water partition coefficient (Wildman–Crippen LogP) is 1.10. The molecule has 0 amide bonds. The molecule has 0 spiro atoms. The average Bonchev–Trinajstić information content (AvgIpc) is 2.83.